The topological polar surface area (TPSA) is 637 Å². The molecule has 18 N–H and O–H groups in total. The number of rotatable bonds is 27. The Balaban J connectivity index is -0.000000134. The van der Waals surface area contributed by atoms with E-state index in [-0.39, 0.29) is 273 Å². The number of hydroxylamine groups is 2. The number of nitrogens with one attached hydrogen (secondary N) is 10. The molecule has 0 spiro atoms. The minimum atomic E-state index is -1.48. The van der Waals surface area contributed by atoms with Crippen LogP contribution < -0.4 is 59.2 Å². The van der Waals surface area contributed by atoms with E-state index >= 15 is 0 Å². The summed E-state index contributed by atoms with van der Waals surface area (Å²) in [6, 6.07) is 14.8. The summed E-state index contributed by atoms with van der Waals surface area (Å²) in [7, 11) is 0. The summed E-state index contributed by atoms with van der Waals surface area (Å²) in [5.74, 6) is -7.33. The van der Waals surface area contributed by atoms with Gasteiger partial charge in [-0.25, -0.2) is 20.7 Å². The molecule has 1 aromatic rings. The van der Waals surface area contributed by atoms with Crippen molar-refractivity contribution in [2.45, 2.75) is 298 Å². The molecule has 20 atom stereocenters. The Hall–Kier alpha value is -9.17. The number of ether oxygens (including phenoxy) is 6. The van der Waals surface area contributed by atoms with E-state index in [1.54, 1.807) is 59.4 Å². The number of aliphatic carboxylic acids is 2. The number of carboxylic acids is 2. The SMILES string of the molecule is C.C.C.C.C.C.C.CC(CC#N)C(C)C(=O)O.CC(COCC(O)O)NC(=O)C(C)C(C)CCN.CC1COCC(=O)NCCC(C(=O)NO)C(C)C(=O)N1.CC1COCC(=O)NCCC(C(=O)NO)C(C)C(=O)N1.CC1COCC(=O)NCCC(C)C(C)C(=O)N1.CCBr.CCC(C)C(=O)N1C(=O)OCC1Cc1ccccc1.CCC(C)C(=O)O.CCOCC(C)NC(=O)C(C)C(C)CC#N.N#CCBr. The molecule has 41 nitrogen and oxygen atoms in total. The van der Waals surface area contributed by atoms with E-state index in [2.05, 4.69) is 80.5 Å². The second-order valence-electron chi connectivity index (χ2n) is 33.3. The smallest absolute Gasteiger partial charge is 0.416 e. The quantitative estimate of drug-likeness (QED) is 0.0168. The summed E-state index contributed by atoms with van der Waals surface area (Å²) in [4.78, 5) is 162. The number of aliphatic hydroxyl groups excluding tert-OH is 1. The molecular weight excluding hydrogens is 1960 g/mol. The fourth-order valence-corrected chi connectivity index (χ4v) is 11.6. The van der Waals surface area contributed by atoms with E-state index < -0.39 is 65.7 Å². The third kappa shape index (κ3) is 77.1. The van der Waals surface area contributed by atoms with Gasteiger partial charge in [-0.15, -0.1) is 0 Å². The van der Waals surface area contributed by atoms with Gasteiger partial charge in [-0.2, -0.15) is 15.8 Å². The molecule has 20 unspecified atom stereocenters. The lowest BCUT2D eigenvalue weighted by molar-refractivity contribution is -0.143. The predicted molar refractivity (Wildman–Crippen MR) is 554 cm³/mol. The summed E-state index contributed by atoms with van der Waals surface area (Å²) < 4.78 is 30.8. The van der Waals surface area contributed by atoms with Gasteiger partial charge < -0.3 is 97.1 Å². The zero-order valence-corrected chi connectivity index (χ0v) is 85.5. The number of cyclic esters (lactones) is 1. The Morgan fingerprint density at radius 3 is 1.21 bits per heavy atom. The van der Waals surface area contributed by atoms with E-state index in [1.807, 2.05) is 139 Å². The standard InChI is InChI=1S/C15H19NO3.2C12H21N3O5.C12H26N2O4.C12H22N2O3.C12H22N2O2.C7H11NO2.C5H10O2.C2H2BrN.C2H5Br.7CH4/c1-3-11(2)14(17)16-13(10-19-15(16)18)9-12-7-5-4-6-8-12;2*1-7-5-20-6-10(16)13-4-3-9(12(18)15-19)8(2)11(17)14-7;1-8(4-5-13)10(3)12(17)14-9(2)6-18-7-11(15)16;1-8-4-5-13-11(15)7-17-6-9(2)14-12(16)10(8)3;1-5-16-8-10(3)14-12(15)11(4)9(2)6-7-13;1-5(3-4-8)6(2)7(9)10;1-3-4(2)5(6)7;3-1-2-4;1-2-3;;;;;;;/h4-8,11,13H,3,9-10H2,1-2H3;2*7-9,19H,3-6H2,1-2H3,(H,13,16)(H,14,17)(H,15,18);8-11,15-16H,4-7,13H2,1-3H3,(H,14,17);8-10H,4-7H2,1-3H3,(H,13,15)(H,14,16);9-11H,5-6,8H2,1-4H3,(H,14,15);5-6H,3H2,1-2H3,(H,9,10);4H,3H2,1-2H3,(H,6,7);1H2;2H2,1H3;7*1H4. The molecule has 4 fully saturated rings. The van der Waals surface area contributed by atoms with Crippen molar-refractivity contribution in [3.63, 3.8) is 0 Å². The van der Waals surface area contributed by atoms with Crippen molar-refractivity contribution in [2.24, 2.45) is 88.6 Å². The van der Waals surface area contributed by atoms with E-state index in [1.165, 1.54) is 4.90 Å². The predicted octanol–water partition coefficient (Wildman–Crippen LogP) is 10.8. The second kappa shape index (κ2) is 95.7. The van der Waals surface area contributed by atoms with Gasteiger partial charge in [-0.1, -0.05) is 218 Å². The van der Waals surface area contributed by atoms with Gasteiger partial charge in [0.05, 0.1) is 92.9 Å². The van der Waals surface area contributed by atoms with Crippen LogP contribution >= 0.6 is 31.9 Å². The molecule has 0 aliphatic carbocycles. The molecule has 5 rings (SSSR count). The average Bonchev–Trinajstić information content (AvgIpc) is 1.69. The van der Waals surface area contributed by atoms with Gasteiger partial charge in [-0.3, -0.25) is 72.7 Å². The molecule has 43 heteroatoms. The van der Waals surface area contributed by atoms with Crippen molar-refractivity contribution in [2.75, 3.05) is 110 Å². The number of nitrogens with two attached hydrogens (primary N) is 1. The first-order valence-corrected chi connectivity index (χ1v) is 47.7. The lowest BCUT2D eigenvalue weighted by Crippen LogP contribution is -2.46. The number of amides is 12. The number of carboxylic acid groups (broad SMARTS) is 2. The van der Waals surface area contributed by atoms with E-state index in [4.69, 9.17) is 80.8 Å². The maximum absolute atomic E-state index is 12.2. The van der Waals surface area contributed by atoms with Crippen molar-refractivity contribution in [3.05, 3.63) is 35.9 Å². The third-order valence-electron chi connectivity index (χ3n) is 21.5. The van der Waals surface area contributed by atoms with Gasteiger partial charge in [0, 0.05) is 110 Å². The van der Waals surface area contributed by atoms with Crippen LogP contribution in [0, 0.1) is 117 Å². The van der Waals surface area contributed by atoms with Gasteiger partial charge in [0.15, 0.2) is 6.29 Å². The maximum atomic E-state index is 12.2. The number of nitriles is 3. The molecule has 4 aliphatic rings. The highest BCUT2D eigenvalue weighted by molar-refractivity contribution is 9.09. The van der Waals surface area contributed by atoms with Gasteiger partial charge in [0.25, 0.3) is 0 Å². The molecular formula is C98H187Br2N15O26. The summed E-state index contributed by atoms with van der Waals surface area (Å²) in [6.45, 7) is 42.4. The number of halogens is 2. The first kappa shape index (κ1) is 157. The van der Waals surface area contributed by atoms with Crippen LogP contribution in [0.15, 0.2) is 30.3 Å². The molecule has 0 radical (unpaired) electrons. The van der Waals surface area contributed by atoms with Crippen LogP contribution in [-0.4, -0.2) is 271 Å². The van der Waals surface area contributed by atoms with Crippen molar-refractivity contribution >= 4 is 115 Å². The van der Waals surface area contributed by atoms with Gasteiger partial charge in [0.2, 0.25) is 65.0 Å². The minimum Gasteiger partial charge on any atom is -0.481 e. The number of nitrogens with zero attached hydrogens (tertiary/aromatic N) is 4. The number of alkyl halides is 2. The Morgan fingerprint density at radius 1 is 0.518 bits per heavy atom. The maximum Gasteiger partial charge on any atom is 0.416 e. The molecule has 4 aliphatic heterocycles. The largest absolute Gasteiger partial charge is 0.481 e. The molecule has 0 aromatic heterocycles. The monoisotopic (exact) mass is 2150 g/mol. The van der Waals surface area contributed by atoms with Crippen LogP contribution in [0.3, 0.4) is 0 Å². The number of hydrogen-bond donors (Lipinski definition) is 17. The number of carbonyl (C=O) groups is 14. The van der Waals surface area contributed by atoms with Crippen molar-refractivity contribution in [1.29, 1.82) is 15.8 Å². The number of benzene rings is 1. The molecule has 1 aromatic carbocycles. The zero-order valence-electron chi connectivity index (χ0n) is 82.4. The normalized spacial score (nSPS) is 21.0. The highest BCUT2D eigenvalue weighted by Crippen LogP contribution is 2.24. The second-order valence-corrected chi connectivity index (χ2v) is 35.0. The van der Waals surface area contributed by atoms with Gasteiger partial charge in [0.1, 0.15) is 26.4 Å². The Kier molecular flexibility index (Phi) is 107. The average molecular weight is 2150 g/mol. The molecule has 12 amide bonds. The van der Waals surface area contributed by atoms with E-state index in [9.17, 15) is 67.1 Å². The molecule has 141 heavy (non-hydrogen) atoms. The molecule has 0 saturated carbocycles. The minimum absolute atomic E-state index is 0. The Morgan fingerprint density at radius 2 is 0.879 bits per heavy atom. The number of imide groups is 1. The van der Waals surface area contributed by atoms with Crippen molar-refractivity contribution in [3.8, 4) is 18.2 Å². The van der Waals surface area contributed by atoms with Crippen LogP contribution in [-0.2, 0) is 97.2 Å². The third-order valence-corrected chi connectivity index (χ3v) is 21.7. The summed E-state index contributed by atoms with van der Waals surface area (Å²) in [5, 5.41) is 99.2. The van der Waals surface area contributed by atoms with Crippen LogP contribution in [0.5, 0.6) is 0 Å². The lowest BCUT2D eigenvalue weighted by Gasteiger charge is -2.24. The summed E-state index contributed by atoms with van der Waals surface area (Å²) >= 11 is 6.03. The summed E-state index contributed by atoms with van der Waals surface area (Å²) in [5.41, 5.74) is 9.70. The van der Waals surface area contributed by atoms with Crippen LogP contribution in [0.2, 0.25) is 0 Å². The van der Waals surface area contributed by atoms with Crippen molar-refractivity contribution < 1.29 is 126 Å². The lowest BCUT2D eigenvalue weighted by atomic mass is 9.89. The number of carbonyl (C=O) groups excluding carboxylic acids is 12. The Bertz CT molecular complexity index is 3580. The highest BCUT2D eigenvalue weighted by atomic mass is 79.9. The fraction of sp³-hybridized carbons (Fsp3) is 0.765. The number of aliphatic hydroxyl groups is 2. The van der Waals surface area contributed by atoms with Crippen LogP contribution in [0.4, 0.5) is 4.79 Å². The van der Waals surface area contributed by atoms with Crippen LogP contribution in [0.25, 0.3) is 0 Å². The van der Waals surface area contributed by atoms with Crippen LogP contribution in [0.1, 0.15) is 254 Å². The zero-order chi connectivity index (χ0) is 104. The summed E-state index contributed by atoms with van der Waals surface area (Å²) in [6.07, 6.45) is 2.95. The van der Waals surface area contributed by atoms with Gasteiger partial charge >= 0.3 is 18.0 Å². The van der Waals surface area contributed by atoms with E-state index in [0.717, 1.165) is 36.6 Å². The first-order valence-electron chi connectivity index (χ1n) is 45.4. The first-order chi connectivity index (χ1) is 63.0. The molecule has 824 valence electrons. The molecule has 0 bridgehead atoms. The van der Waals surface area contributed by atoms with Crippen molar-refractivity contribution in [1.82, 2.24) is 58.4 Å². The van der Waals surface area contributed by atoms with Gasteiger partial charge in [-0.05, 0) is 122 Å². The molecule has 4 saturated heterocycles. The Labute approximate surface area is 860 Å². The fourth-order valence-electron chi connectivity index (χ4n) is 11.6. The number of hydrogen-bond acceptors (Lipinski definition) is 28. The highest BCUT2D eigenvalue weighted by Gasteiger charge is 2.40. The van der Waals surface area contributed by atoms with E-state index in [0.29, 0.717) is 57.5 Å². The molecule has 4 heterocycles.